The lowest BCUT2D eigenvalue weighted by atomic mass is 9.95. The maximum absolute atomic E-state index is 4.37. The van der Waals surface area contributed by atoms with Crippen LogP contribution < -0.4 is 0 Å². The van der Waals surface area contributed by atoms with Crippen molar-refractivity contribution in [3.8, 4) is 0 Å². The molecule has 0 atom stereocenters. The van der Waals surface area contributed by atoms with Crippen molar-refractivity contribution in [2.24, 2.45) is 5.41 Å². The van der Waals surface area contributed by atoms with E-state index in [2.05, 4.69) is 47.8 Å². The van der Waals surface area contributed by atoms with E-state index in [0.717, 1.165) is 5.82 Å². The van der Waals surface area contributed by atoms with Gasteiger partial charge in [0.15, 0.2) is 0 Å². The first-order valence-electron chi connectivity index (χ1n) is 4.82. The van der Waals surface area contributed by atoms with Crippen molar-refractivity contribution in [2.45, 2.75) is 13.8 Å². The summed E-state index contributed by atoms with van der Waals surface area (Å²) in [5.74, 6) is 1.02. The monoisotopic (exact) mass is 187 g/mol. The van der Waals surface area contributed by atoms with Gasteiger partial charge in [-0.1, -0.05) is 6.08 Å². The maximum atomic E-state index is 4.37. The van der Waals surface area contributed by atoms with E-state index in [0.29, 0.717) is 0 Å². The van der Waals surface area contributed by atoms with Crippen molar-refractivity contribution < 1.29 is 4.58 Å². The zero-order chi connectivity index (χ0) is 10.2. The first-order chi connectivity index (χ1) is 6.58. The molecule has 1 aliphatic heterocycles. The molecule has 2 rings (SSSR count). The lowest BCUT2D eigenvalue weighted by Gasteiger charge is -2.10. The zero-order valence-corrected chi connectivity index (χ0v) is 8.86. The summed E-state index contributed by atoms with van der Waals surface area (Å²) >= 11 is 0. The SMILES string of the molecule is C[N+]1=CC(C)(C)C=Cc2cccnc21. The van der Waals surface area contributed by atoms with Crippen molar-refractivity contribution in [3.05, 3.63) is 30.0 Å². The highest BCUT2D eigenvalue weighted by Gasteiger charge is 2.21. The molecule has 2 heterocycles. The van der Waals surface area contributed by atoms with Crippen LogP contribution in [0, 0.1) is 5.41 Å². The molecule has 0 bridgehead atoms. The highest BCUT2D eigenvalue weighted by atomic mass is 15.1. The molecule has 2 nitrogen and oxygen atoms in total. The average Bonchev–Trinajstić information content (AvgIpc) is 2.24. The van der Waals surface area contributed by atoms with Crippen molar-refractivity contribution in [1.29, 1.82) is 0 Å². The van der Waals surface area contributed by atoms with Crippen LogP contribution in [0.5, 0.6) is 0 Å². The molecular weight excluding hydrogens is 172 g/mol. The summed E-state index contributed by atoms with van der Waals surface area (Å²) in [6.45, 7) is 4.37. The van der Waals surface area contributed by atoms with Gasteiger partial charge in [0.25, 0.3) is 0 Å². The van der Waals surface area contributed by atoms with Crippen LogP contribution in [-0.2, 0) is 0 Å². The predicted octanol–water partition coefficient (Wildman–Crippen LogP) is 2.48. The summed E-state index contributed by atoms with van der Waals surface area (Å²) in [5, 5.41) is 0. The van der Waals surface area contributed by atoms with Crippen LogP contribution in [0.3, 0.4) is 0 Å². The maximum Gasteiger partial charge on any atom is 0.329 e. The van der Waals surface area contributed by atoms with Gasteiger partial charge in [0.2, 0.25) is 0 Å². The van der Waals surface area contributed by atoms with Crippen LogP contribution in [0.15, 0.2) is 24.4 Å². The third-order valence-corrected chi connectivity index (χ3v) is 2.37. The first kappa shape index (κ1) is 9.13. The Bertz CT molecular complexity index is 414. The molecule has 0 aromatic carbocycles. The second-order valence-electron chi connectivity index (χ2n) is 4.31. The molecule has 14 heavy (non-hydrogen) atoms. The molecule has 2 heteroatoms. The Labute approximate surface area is 84.6 Å². The molecule has 1 aromatic heterocycles. The molecular formula is C12H15N2+. The summed E-state index contributed by atoms with van der Waals surface area (Å²) in [6.07, 6.45) is 8.36. The van der Waals surface area contributed by atoms with Gasteiger partial charge in [-0.05, 0) is 37.0 Å². The highest BCUT2D eigenvalue weighted by molar-refractivity contribution is 5.72. The summed E-state index contributed by atoms with van der Waals surface area (Å²) in [5.41, 5.74) is 1.27. The summed E-state index contributed by atoms with van der Waals surface area (Å²) in [4.78, 5) is 4.37. The van der Waals surface area contributed by atoms with Crippen molar-refractivity contribution in [1.82, 2.24) is 4.98 Å². The van der Waals surface area contributed by atoms with Crippen LogP contribution in [0.1, 0.15) is 19.4 Å². The summed E-state index contributed by atoms with van der Waals surface area (Å²) < 4.78 is 2.09. The number of nitrogens with zero attached hydrogens (tertiary/aromatic N) is 2. The Morgan fingerprint density at radius 1 is 1.36 bits per heavy atom. The lowest BCUT2D eigenvalue weighted by molar-refractivity contribution is -0.407. The normalized spacial score (nSPS) is 18.4. The van der Waals surface area contributed by atoms with Crippen molar-refractivity contribution >= 4 is 18.1 Å². The van der Waals surface area contributed by atoms with Gasteiger partial charge in [-0.2, -0.15) is 0 Å². The van der Waals surface area contributed by atoms with Gasteiger partial charge in [0, 0.05) is 5.41 Å². The molecule has 1 aromatic rings. The number of pyridine rings is 1. The topological polar surface area (TPSA) is 15.9 Å². The van der Waals surface area contributed by atoms with Crippen LogP contribution in [-0.4, -0.2) is 22.8 Å². The molecule has 0 saturated carbocycles. The number of hydrogen-bond acceptors (Lipinski definition) is 1. The number of hydrogen-bond donors (Lipinski definition) is 0. The Hall–Kier alpha value is -1.44. The van der Waals surface area contributed by atoms with E-state index in [-0.39, 0.29) is 5.41 Å². The smallest absolute Gasteiger partial charge is 0.236 e. The van der Waals surface area contributed by atoms with E-state index in [1.54, 1.807) is 0 Å². The summed E-state index contributed by atoms with van der Waals surface area (Å²) in [6, 6.07) is 4.06. The molecule has 0 amide bonds. The summed E-state index contributed by atoms with van der Waals surface area (Å²) in [7, 11) is 2.04. The molecule has 0 unspecified atom stereocenters. The third kappa shape index (κ3) is 1.60. The Morgan fingerprint density at radius 2 is 2.14 bits per heavy atom. The number of fused-ring (bicyclic) bond motifs is 1. The standard InChI is InChI=1S/C12H15N2/c1-12(2)7-6-10-5-4-8-13-11(10)14(3)9-12/h4-9H,1-3H3/q+1. The average molecular weight is 187 g/mol. The quantitative estimate of drug-likeness (QED) is 0.570. The van der Waals surface area contributed by atoms with E-state index in [1.807, 2.05) is 19.3 Å². The van der Waals surface area contributed by atoms with Crippen LogP contribution in [0.4, 0.5) is 5.82 Å². The molecule has 1 aliphatic rings. The molecule has 0 saturated heterocycles. The van der Waals surface area contributed by atoms with E-state index >= 15 is 0 Å². The molecule has 0 radical (unpaired) electrons. The van der Waals surface area contributed by atoms with E-state index < -0.39 is 0 Å². The minimum absolute atomic E-state index is 0.0927. The predicted molar refractivity (Wildman–Crippen MR) is 59.0 cm³/mol. The van der Waals surface area contributed by atoms with Crippen molar-refractivity contribution in [2.75, 3.05) is 7.05 Å². The van der Waals surface area contributed by atoms with Gasteiger partial charge in [0.1, 0.15) is 6.20 Å². The second kappa shape index (κ2) is 3.05. The minimum atomic E-state index is 0.0927. The molecule has 0 N–H and O–H groups in total. The van der Waals surface area contributed by atoms with Gasteiger partial charge < -0.3 is 0 Å². The fourth-order valence-electron chi connectivity index (χ4n) is 1.74. The fraction of sp³-hybridized carbons (Fsp3) is 0.333. The Balaban J connectivity index is 2.62. The zero-order valence-electron chi connectivity index (χ0n) is 8.86. The largest absolute Gasteiger partial charge is 0.329 e. The number of aromatic nitrogens is 1. The van der Waals surface area contributed by atoms with Gasteiger partial charge in [-0.3, -0.25) is 0 Å². The molecule has 0 spiro atoms. The number of rotatable bonds is 0. The van der Waals surface area contributed by atoms with Crippen LogP contribution in [0.25, 0.3) is 6.08 Å². The minimum Gasteiger partial charge on any atom is -0.236 e. The third-order valence-electron chi connectivity index (χ3n) is 2.37. The molecule has 0 fully saturated rings. The van der Waals surface area contributed by atoms with Crippen molar-refractivity contribution in [3.63, 3.8) is 0 Å². The van der Waals surface area contributed by atoms with Crippen LogP contribution in [0.2, 0.25) is 0 Å². The van der Waals surface area contributed by atoms with Gasteiger partial charge in [0.05, 0.1) is 18.8 Å². The molecule has 72 valence electrons. The van der Waals surface area contributed by atoms with E-state index in [4.69, 9.17) is 0 Å². The highest BCUT2D eigenvalue weighted by Crippen LogP contribution is 2.24. The lowest BCUT2D eigenvalue weighted by Crippen LogP contribution is -2.15. The van der Waals surface area contributed by atoms with E-state index in [1.165, 1.54) is 5.56 Å². The Kier molecular flexibility index (Phi) is 1.99. The second-order valence-corrected chi connectivity index (χ2v) is 4.31. The van der Waals surface area contributed by atoms with Gasteiger partial charge in [-0.15, -0.1) is 0 Å². The fourth-order valence-corrected chi connectivity index (χ4v) is 1.74. The van der Waals surface area contributed by atoms with Gasteiger partial charge in [-0.25, -0.2) is 4.58 Å². The first-order valence-corrected chi connectivity index (χ1v) is 4.82. The number of allylic oxidation sites excluding steroid dienone is 1. The molecule has 0 aliphatic carbocycles. The Morgan fingerprint density at radius 3 is 2.93 bits per heavy atom. The van der Waals surface area contributed by atoms with E-state index in [9.17, 15) is 0 Å². The van der Waals surface area contributed by atoms with Gasteiger partial charge >= 0.3 is 5.82 Å². The van der Waals surface area contributed by atoms with Crippen LogP contribution >= 0.6 is 0 Å².